The molecule has 1 aromatic carbocycles. The number of nitrogens with two attached hydrogens (primary N) is 1. The van der Waals surface area contributed by atoms with Crippen molar-refractivity contribution in [2.45, 2.75) is 13.5 Å². The molecule has 0 bridgehead atoms. The summed E-state index contributed by atoms with van der Waals surface area (Å²) in [6, 6.07) is 6.08. The molecular formula is C13H13BrFN3O2. The van der Waals surface area contributed by atoms with Crippen molar-refractivity contribution in [3.8, 4) is 0 Å². The minimum atomic E-state index is -0.516. The maximum atomic E-state index is 13.2. The van der Waals surface area contributed by atoms with E-state index in [4.69, 9.17) is 10.5 Å². The Morgan fingerprint density at radius 1 is 1.50 bits per heavy atom. The molecule has 20 heavy (non-hydrogen) atoms. The van der Waals surface area contributed by atoms with Gasteiger partial charge in [0.1, 0.15) is 11.6 Å². The topological polar surface area (TPSA) is 70.1 Å². The van der Waals surface area contributed by atoms with E-state index in [0.717, 1.165) is 5.56 Å². The van der Waals surface area contributed by atoms with Crippen LogP contribution < -0.4 is 5.73 Å². The summed E-state index contributed by atoms with van der Waals surface area (Å²) in [5.74, 6) is -0.513. The fraction of sp³-hybridized carbons (Fsp3) is 0.231. The van der Waals surface area contributed by atoms with E-state index < -0.39 is 5.97 Å². The molecule has 0 atom stereocenters. The first-order valence-electron chi connectivity index (χ1n) is 5.95. The first-order valence-corrected chi connectivity index (χ1v) is 6.75. The van der Waals surface area contributed by atoms with Gasteiger partial charge in [0.05, 0.1) is 17.6 Å². The number of nitrogens with zero attached hydrogens (tertiary/aromatic N) is 2. The molecule has 0 fully saturated rings. The summed E-state index contributed by atoms with van der Waals surface area (Å²) in [7, 11) is 0. The fourth-order valence-electron chi connectivity index (χ4n) is 1.67. The van der Waals surface area contributed by atoms with Gasteiger partial charge in [-0.2, -0.15) is 5.10 Å². The minimum absolute atomic E-state index is 0.158. The van der Waals surface area contributed by atoms with E-state index in [1.54, 1.807) is 19.1 Å². The number of hydrogen-bond acceptors (Lipinski definition) is 4. The monoisotopic (exact) mass is 341 g/mol. The summed E-state index contributed by atoms with van der Waals surface area (Å²) in [5, 5.41) is 4.08. The summed E-state index contributed by atoms with van der Waals surface area (Å²) < 4.78 is 19.8. The van der Waals surface area contributed by atoms with Gasteiger partial charge in [0.2, 0.25) is 0 Å². The number of rotatable bonds is 4. The smallest absolute Gasteiger partial charge is 0.358 e. The summed E-state index contributed by atoms with van der Waals surface area (Å²) in [4.78, 5) is 11.6. The molecule has 0 amide bonds. The number of esters is 1. The highest BCUT2D eigenvalue weighted by Gasteiger charge is 2.14. The molecule has 106 valence electrons. The number of anilines is 1. The average molecular weight is 342 g/mol. The predicted octanol–water partition coefficient (Wildman–Crippen LogP) is 2.59. The lowest BCUT2D eigenvalue weighted by atomic mass is 10.2. The molecule has 0 spiro atoms. The van der Waals surface area contributed by atoms with Crippen LogP contribution in [0.25, 0.3) is 0 Å². The predicted molar refractivity (Wildman–Crippen MR) is 75.8 cm³/mol. The normalized spacial score (nSPS) is 10.6. The Labute approximate surface area is 123 Å². The van der Waals surface area contributed by atoms with E-state index in [1.165, 1.54) is 16.8 Å². The highest BCUT2D eigenvalue weighted by atomic mass is 79.9. The van der Waals surface area contributed by atoms with E-state index in [0.29, 0.717) is 16.8 Å². The van der Waals surface area contributed by atoms with Gasteiger partial charge in [0.15, 0.2) is 5.69 Å². The van der Waals surface area contributed by atoms with E-state index >= 15 is 0 Å². The first-order chi connectivity index (χ1) is 9.51. The van der Waals surface area contributed by atoms with E-state index in [2.05, 4.69) is 21.0 Å². The van der Waals surface area contributed by atoms with Gasteiger partial charge in [-0.15, -0.1) is 0 Å². The van der Waals surface area contributed by atoms with Crippen LogP contribution >= 0.6 is 15.9 Å². The molecule has 0 aliphatic rings. The molecule has 0 saturated heterocycles. The Morgan fingerprint density at radius 2 is 2.25 bits per heavy atom. The molecule has 1 heterocycles. The van der Waals surface area contributed by atoms with Crippen molar-refractivity contribution < 1.29 is 13.9 Å². The number of benzene rings is 1. The molecule has 2 rings (SSSR count). The maximum absolute atomic E-state index is 13.2. The van der Waals surface area contributed by atoms with Crippen molar-refractivity contribution in [2.24, 2.45) is 0 Å². The third kappa shape index (κ3) is 3.16. The Hall–Kier alpha value is -1.89. The minimum Gasteiger partial charge on any atom is -0.461 e. The summed E-state index contributed by atoms with van der Waals surface area (Å²) in [6.07, 6.45) is 0. The fourth-order valence-corrected chi connectivity index (χ4v) is 2.10. The lowest BCUT2D eigenvalue weighted by Gasteiger charge is -2.05. The molecule has 1 aromatic heterocycles. The van der Waals surface area contributed by atoms with Gasteiger partial charge in [-0.25, -0.2) is 13.9 Å². The number of aromatic nitrogens is 2. The van der Waals surface area contributed by atoms with Crippen LogP contribution in [0.3, 0.4) is 0 Å². The molecule has 0 aliphatic heterocycles. The Kier molecular flexibility index (Phi) is 4.39. The molecule has 5 nitrogen and oxygen atoms in total. The summed E-state index contributed by atoms with van der Waals surface area (Å²) >= 11 is 3.12. The zero-order valence-electron chi connectivity index (χ0n) is 10.8. The lowest BCUT2D eigenvalue weighted by molar-refractivity contribution is 0.0518. The van der Waals surface area contributed by atoms with Crippen LogP contribution in [0, 0.1) is 5.82 Å². The van der Waals surface area contributed by atoms with Crippen LogP contribution in [0.1, 0.15) is 23.0 Å². The molecular weight excluding hydrogens is 329 g/mol. The largest absolute Gasteiger partial charge is 0.461 e. The van der Waals surface area contributed by atoms with Crippen LogP contribution in [0.15, 0.2) is 28.7 Å². The number of carbonyl (C=O) groups is 1. The van der Waals surface area contributed by atoms with Crippen molar-refractivity contribution in [2.75, 3.05) is 12.3 Å². The Balaban J connectivity index is 2.21. The van der Waals surface area contributed by atoms with Gasteiger partial charge >= 0.3 is 5.97 Å². The van der Waals surface area contributed by atoms with E-state index in [-0.39, 0.29) is 18.1 Å². The van der Waals surface area contributed by atoms with Crippen molar-refractivity contribution in [1.82, 2.24) is 9.78 Å². The van der Waals surface area contributed by atoms with Crippen molar-refractivity contribution in [1.29, 1.82) is 0 Å². The third-order valence-corrected chi connectivity index (χ3v) is 3.22. The number of nitrogen functional groups attached to an aromatic ring is 1. The molecule has 2 aromatic rings. The third-order valence-electron chi connectivity index (χ3n) is 2.61. The zero-order chi connectivity index (χ0) is 14.7. The molecule has 0 saturated carbocycles. The van der Waals surface area contributed by atoms with Crippen LogP contribution in [0.2, 0.25) is 0 Å². The van der Waals surface area contributed by atoms with Gasteiger partial charge in [-0.05, 0) is 40.5 Å². The second-order valence-corrected chi connectivity index (χ2v) is 4.94. The van der Waals surface area contributed by atoms with Gasteiger partial charge in [0, 0.05) is 6.07 Å². The number of hydrogen-bond donors (Lipinski definition) is 1. The zero-order valence-corrected chi connectivity index (χ0v) is 12.4. The van der Waals surface area contributed by atoms with Gasteiger partial charge in [-0.1, -0.05) is 6.07 Å². The summed E-state index contributed by atoms with van der Waals surface area (Å²) in [5.41, 5.74) is 6.76. The van der Waals surface area contributed by atoms with Crippen molar-refractivity contribution in [3.63, 3.8) is 0 Å². The lowest BCUT2D eigenvalue weighted by Crippen LogP contribution is -2.09. The van der Waals surface area contributed by atoms with Crippen molar-refractivity contribution in [3.05, 3.63) is 45.8 Å². The maximum Gasteiger partial charge on any atom is 0.358 e. The summed E-state index contributed by atoms with van der Waals surface area (Å²) in [6.45, 7) is 2.33. The quantitative estimate of drug-likeness (QED) is 0.867. The first kappa shape index (κ1) is 14.5. The average Bonchev–Trinajstić information content (AvgIpc) is 2.76. The molecule has 0 unspecified atom stereocenters. The second-order valence-electron chi connectivity index (χ2n) is 4.08. The molecule has 7 heteroatoms. The van der Waals surface area contributed by atoms with Crippen LogP contribution in [-0.2, 0) is 11.3 Å². The highest BCUT2D eigenvalue weighted by molar-refractivity contribution is 9.10. The van der Waals surface area contributed by atoms with Gasteiger partial charge in [0.25, 0.3) is 0 Å². The SMILES string of the molecule is CCOC(=O)c1cc(N)n(Cc2ccc(F)c(Br)c2)n1. The van der Waals surface area contributed by atoms with E-state index in [9.17, 15) is 9.18 Å². The number of ether oxygens (including phenoxy) is 1. The van der Waals surface area contributed by atoms with E-state index in [1.807, 2.05) is 0 Å². The van der Waals surface area contributed by atoms with Crippen LogP contribution in [-0.4, -0.2) is 22.4 Å². The Morgan fingerprint density at radius 3 is 2.90 bits per heavy atom. The number of carbonyl (C=O) groups excluding carboxylic acids is 1. The molecule has 0 radical (unpaired) electrons. The van der Waals surface area contributed by atoms with Crippen molar-refractivity contribution >= 4 is 27.7 Å². The molecule has 2 N–H and O–H groups in total. The molecule has 0 aliphatic carbocycles. The standard InChI is InChI=1S/C13H13BrFN3O2/c1-2-20-13(19)11-6-12(16)18(17-11)7-8-3-4-10(15)9(14)5-8/h3-6H,2,7,16H2,1H3. The second kappa shape index (κ2) is 6.04. The van der Waals surface area contributed by atoms with Crippen LogP contribution in [0.4, 0.5) is 10.2 Å². The van der Waals surface area contributed by atoms with Gasteiger partial charge in [-0.3, -0.25) is 0 Å². The van der Waals surface area contributed by atoms with Gasteiger partial charge < -0.3 is 10.5 Å². The number of halogens is 2. The van der Waals surface area contributed by atoms with Crippen LogP contribution in [0.5, 0.6) is 0 Å². The Bertz CT molecular complexity index is 643. The highest BCUT2D eigenvalue weighted by Crippen LogP contribution is 2.18.